The van der Waals surface area contributed by atoms with Gasteiger partial charge in [-0.2, -0.15) is 0 Å². The Balaban J connectivity index is 1.20. The van der Waals surface area contributed by atoms with E-state index in [1.165, 1.54) is 43.8 Å². The van der Waals surface area contributed by atoms with Gasteiger partial charge in [0.2, 0.25) is 0 Å². The molecule has 4 nitrogen and oxygen atoms in total. The smallest absolute Gasteiger partial charge is 0.136 e. The van der Waals surface area contributed by atoms with Crippen LogP contribution in [0.1, 0.15) is 66.5 Å². The topological polar surface area (TPSA) is 31.2 Å². The normalized spacial score (nSPS) is 17.4. The standard InChI is InChI=1S/C58H54N4/c1-55(2)57(5,6)61(45-28-14-10-15-29-45)53(59-55)43-26-20-24-41(36-43)51-47-32-18-19-33-48(47)52(50-38-40(34-35-49(50)51)39-22-12-9-13-23-39)42-25-21-27-44(37-42)54-60-56(3,4)58(7,8)62(54)46-30-16-11-17-31-46/h9-38H,1-8H3. The van der Waals surface area contributed by atoms with E-state index in [4.69, 9.17) is 9.98 Å². The minimum Gasteiger partial charge on any atom is -0.318 e. The Morgan fingerprint density at radius 1 is 0.306 bits per heavy atom. The highest BCUT2D eigenvalue weighted by Crippen LogP contribution is 2.48. The molecule has 2 aliphatic rings. The van der Waals surface area contributed by atoms with E-state index in [1.807, 2.05) is 0 Å². The van der Waals surface area contributed by atoms with E-state index in [0.717, 1.165) is 45.3 Å². The molecule has 0 unspecified atom stereocenters. The summed E-state index contributed by atoms with van der Waals surface area (Å²) in [5.41, 5.74) is 10.5. The molecule has 0 spiro atoms. The Morgan fingerprint density at radius 3 is 1.15 bits per heavy atom. The van der Waals surface area contributed by atoms with Gasteiger partial charge in [-0.15, -0.1) is 0 Å². The number of hydrogen-bond donors (Lipinski definition) is 0. The van der Waals surface area contributed by atoms with E-state index in [1.54, 1.807) is 0 Å². The van der Waals surface area contributed by atoms with Crippen LogP contribution in [0.3, 0.4) is 0 Å². The van der Waals surface area contributed by atoms with E-state index in [0.29, 0.717) is 0 Å². The van der Waals surface area contributed by atoms with Crippen molar-refractivity contribution in [2.45, 2.75) is 77.5 Å². The van der Waals surface area contributed by atoms with Crippen molar-refractivity contribution in [3.8, 4) is 33.4 Å². The molecule has 0 saturated heterocycles. The molecule has 0 N–H and O–H groups in total. The summed E-state index contributed by atoms with van der Waals surface area (Å²) in [6.07, 6.45) is 0. The van der Waals surface area contributed by atoms with Crippen LogP contribution in [0.5, 0.6) is 0 Å². The van der Waals surface area contributed by atoms with Crippen molar-refractivity contribution in [1.82, 2.24) is 0 Å². The third-order valence-corrected chi connectivity index (χ3v) is 14.3. The van der Waals surface area contributed by atoms with Gasteiger partial charge in [-0.1, -0.05) is 140 Å². The fourth-order valence-corrected chi connectivity index (χ4v) is 9.65. The summed E-state index contributed by atoms with van der Waals surface area (Å²) in [6.45, 7) is 18.2. The first-order chi connectivity index (χ1) is 29.8. The lowest BCUT2D eigenvalue weighted by molar-refractivity contribution is 0.338. The number of benzene rings is 8. The summed E-state index contributed by atoms with van der Waals surface area (Å²) in [7, 11) is 0. The fourth-order valence-electron chi connectivity index (χ4n) is 9.65. The third-order valence-electron chi connectivity index (χ3n) is 14.3. The summed E-state index contributed by atoms with van der Waals surface area (Å²) >= 11 is 0. The zero-order valence-corrected chi connectivity index (χ0v) is 37.1. The molecule has 2 heterocycles. The van der Waals surface area contributed by atoms with Crippen LogP contribution >= 0.6 is 0 Å². The highest BCUT2D eigenvalue weighted by atomic mass is 15.3. The summed E-state index contributed by atoms with van der Waals surface area (Å²) in [5.74, 6) is 1.98. The Labute approximate surface area is 366 Å². The van der Waals surface area contributed by atoms with Gasteiger partial charge in [-0.3, -0.25) is 9.98 Å². The molecule has 0 fully saturated rings. The number of hydrogen-bond acceptors (Lipinski definition) is 4. The summed E-state index contributed by atoms with van der Waals surface area (Å²) in [6, 6.07) is 66.3. The van der Waals surface area contributed by atoms with E-state index in [2.05, 4.69) is 247 Å². The van der Waals surface area contributed by atoms with Crippen LogP contribution in [0.4, 0.5) is 11.4 Å². The molecule has 62 heavy (non-hydrogen) atoms. The van der Waals surface area contributed by atoms with Crippen molar-refractivity contribution in [3.05, 3.63) is 193 Å². The molecule has 4 heteroatoms. The average Bonchev–Trinajstić information content (AvgIpc) is 3.60. The number of rotatable bonds is 7. The van der Waals surface area contributed by atoms with Crippen molar-refractivity contribution in [2.24, 2.45) is 9.98 Å². The minimum absolute atomic E-state index is 0.253. The second kappa shape index (κ2) is 14.4. The molecule has 8 aromatic rings. The lowest BCUT2D eigenvalue weighted by Crippen LogP contribution is -2.53. The van der Waals surface area contributed by atoms with Crippen LogP contribution in [0, 0.1) is 0 Å². The van der Waals surface area contributed by atoms with Gasteiger partial charge in [0.15, 0.2) is 0 Å². The van der Waals surface area contributed by atoms with Gasteiger partial charge in [0, 0.05) is 22.5 Å². The number of fused-ring (bicyclic) bond motifs is 2. The molecule has 0 bridgehead atoms. The summed E-state index contributed by atoms with van der Waals surface area (Å²) in [4.78, 5) is 15.8. The monoisotopic (exact) mass is 806 g/mol. The number of aliphatic imine (C=N–C) groups is 2. The molecular formula is C58H54N4. The first-order valence-corrected chi connectivity index (χ1v) is 21.9. The van der Waals surface area contributed by atoms with Gasteiger partial charge < -0.3 is 9.80 Å². The van der Waals surface area contributed by atoms with Crippen LogP contribution in [0.15, 0.2) is 192 Å². The van der Waals surface area contributed by atoms with Crippen molar-refractivity contribution in [2.75, 3.05) is 9.80 Å². The van der Waals surface area contributed by atoms with Crippen molar-refractivity contribution in [3.63, 3.8) is 0 Å². The maximum absolute atomic E-state index is 5.48. The second-order valence-electron chi connectivity index (χ2n) is 19.0. The van der Waals surface area contributed by atoms with Gasteiger partial charge in [0.05, 0.1) is 22.2 Å². The first kappa shape index (κ1) is 39.4. The highest BCUT2D eigenvalue weighted by Gasteiger charge is 2.51. The van der Waals surface area contributed by atoms with Crippen molar-refractivity contribution >= 4 is 44.6 Å². The molecule has 306 valence electrons. The first-order valence-electron chi connectivity index (χ1n) is 21.9. The van der Waals surface area contributed by atoms with Crippen LogP contribution < -0.4 is 9.80 Å². The number of para-hydroxylation sites is 2. The quantitative estimate of drug-likeness (QED) is 0.150. The molecule has 0 saturated carbocycles. The Bertz CT molecular complexity index is 3070. The minimum atomic E-state index is -0.317. The van der Waals surface area contributed by atoms with Crippen LogP contribution in [-0.2, 0) is 0 Å². The lowest BCUT2D eigenvalue weighted by atomic mass is 9.82. The highest BCUT2D eigenvalue weighted by molar-refractivity contribution is 6.23. The van der Waals surface area contributed by atoms with Gasteiger partial charge >= 0.3 is 0 Å². The van der Waals surface area contributed by atoms with Crippen LogP contribution in [-0.4, -0.2) is 33.8 Å². The van der Waals surface area contributed by atoms with Crippen LogP contribution in [0.2, 0.25) is 0 Å². The van der Waals surface area contributed by atoms with Gasteiger partial charge in [0.1, 0.15) is 11.7 Å². The molecule has 2 aliphatic heterocycles. The van der Waals surface area contributed by atoms with Gasteiger partial charge in [-0.05, 0) is 153 Å². The Hall–Kier alpha value is -6.78. The lowest BCUT2D eigenvalue weighted by Gasteiger charge is -2.41. The third kappa shape index (κ3) is 6.18. The van der Waals surface area contributed by atoms with Gasteiger partial charge in [0.25, 0.3) is 0 Å². The van der Waals surface area contributed by atoms with Crippen LogP contribution in [0.25, 0.3) is 54.9 Å². The number of nitrogens with zero attached hydrogens (tertiary/aromatic N) is 4. The van der Waals surface area contributed by atoms with E-state index in [-0.39, 0.29) is 22.2 Å². The summed E-state index contributed by atoms with van der Waals surface area (Å²) in [5, 5.41) is 4.85. The Kier molecular flexibility index (Phi) is 9.15. The number of anilines is 2. The molecule has 0 aromatic heterocycles. The second-order valence-corrected chi connectivity index (χ2v) is 19.0. The summed E-state index contributed by atoms with van der Waals surface area (Å²) < 4.78 is 0. The molecule has 0 atom stereocenters. The zero-order chi connectivity index (χ0) is 43.0. The number of amidine groups is 2. The largest absolute Gasteiger partial charge is 0.318 e. The van der Waals surface area contributed by atoms with Crippen molar-refractivity contribution in [1.29, 1.82) is 0 Å². The van der Waals surface area contributed by atoms with E-state index < -0.39 is 0 Å². The predicted octanol–water partition coefficient (Wildman–Crippen LogP) is 14.6. The zero-order valence-electron chi connectivity index (χ0n) is 37.1. The fraction of sp³-hybridized carbons (Fsp3) is 0.207. The average molecular weight is 807 g/mol. The predicted molar refractivity (Wildman–Crippen MR) is 265 cm³/mol. The molecule has 0 aliphatic carbocycles. The SMILES string of the molecule is CC1(C)N=C(c2cccc(-c3c4ccccc4c(-c4cccc(C5=NC(C)(C)C(C)(C)N5c5ccccc5)c4)c4cc(-c5ccccc5)ccc34)c2)N(c2ccccc2)C1(C)C. The molecule has 10 rings (SSSR count). The Morgan fingerprint density at radius 2 is 0.677 bits per heavy atom. The van der Waals surface area contributed by atoms with E-state index >= 15 is 0 Å². The van der Waals surface area contributed by atoms with Crippen molar-refractivity contribution < 1.29 is 0 Å². The maximum atomic E-state index is 5.48. The molecule has 0 amide bonds. The molecule has 8 aromatic carbocycles. The molecular weight excluding hydrogens is 753 g/mol. The van der Waals surface area contributed by atoms with E-state index in [9.17, 15) is 0 Å². The molecule has 0 radical (unpaired) electrons. The van der Waals surface area contributed by atoms with Gasteiger partial charge in [-0.25, -0.2) is 0 Å². The maximum Gasteiger partial charge on any atom is 0.136 e.